The van der Waals surface area contributed by atoms with Crippen molar-refractivity contribution in [3.63, 3.8) is 0 Å². The zero-order valence-electron chi connectivity index (χ0n) is 16.4. The van der Waals surface area contributed by atoms with E-state index in [1.807, 2.05) is 0 Å². The minimum absolute atomic E-state index is 0.155. The lowest BCUT2D eigenvalue weighted by molar-refractivity contribution is 0.00818. The van der Waals surface area contributed by atoms with Crippen molar-refractivity contribution >= 4 is 0 Å². The van der Waals surface area contributed by atoms with Crippen LogP contribution in [0.25, 0.3) is 0 Å². The van der Waals surface area contributed by atoms with Crippen molar-refractivity contribution in [3.8, 4) is 0 Å². The van der Waals surface area contributed by atoms with Gasteiger partial charge in [-0.2, -0.15) is 0 Å². The topological polar surface area (TPSA) is 60.7 Å². The second-order valence-corrected chi connectivity index (χ2v) is 7.46. The Morgan fingerprint density at radius 2 is 1.08 bits per heavy atom. The summed E-state index contributed by atoms with van der Waals surface area (Å²) in [5.41, 5.74) is 0.798. The van der Waals surface area contributed by atoms with Crippen LogP contribution in [0.3, 0.4) is 0 Å². The number of allylic oxidation sites excluding steroid dienone is 1. The van der Waals surface area contributed by atoms with E-state index >= 15 is 0 Å². The average Bonchev–Trinajstić information content (AvgIpc) is 2.55. The molecule has 0 saturated carbocycles. The lowest BCUT2D eigenvalue weighted by Gasteiger charge is -2.17. The van der Waals surface area contributed by atoms with Crippen LogP contribution in [0.2, 0.25) is 0 Å². The van der Waals surface area contributed by atoms with E-state index in [1.165, 1.54) is 64.2 Å². The highest BCUT2D eigenvalue weighted by molar-refractivity contribution is 5.02. The standard InChI is InChI=1S/C21H42O3/c1-4-5-6-7-8-9-10-11-12-13-14-15-16-19(22)21(24)17-20(23)18(2)3/h19,21-24H,4-17H2,1-3H3. The van der Waals surface area contributed by atoms with Crippen LogP contribution in [0.5, 0.6) is 0 Å². The molecule has 0 heterocycles. The van der Waals surface area contributed by atoms with Crippen molar-refractivity contribution in [2.45, 2.75) is 123 Å². The van der Waals surface area contributed by atoms with Crippen LogP contribution < -0.4 is 0 Å². The molecule has 24 heavy (non-hydrogen) atoms. The number of hydrogen-bond acceptors (Lipinski definition) is 3. The Hall–Kier alpha value is -0.540. The van der Waals surface area contributed by atoms with Gasteiger partial charge >= 0.3 is 0 Å². The number of hydrogen-bond donors (Lipinski definition) is 3. The van der Waals surface area contributed by atoms with Gasteiger partial charge in [-0.1, -0.05) is 84.0 Å². The lowest BCUT2D eigenvalue weighted by Crippen LogP contribution is -2.26. The summed E-state index contributed by atoms with van der Waals surface area (Å²) in [7, 11) is 0. The molecule has 0 bridgehead atoms. The van der Waals surface area contributed by atoms with Gasteiger partial charge in [0.25, 0.3) is 0 Å². The number of aliphatic hydroxyl groups is 3. The molecule has 0 aliphatic carbocycles. The van der Waals surface area contributed by atoms with Gasteiger partial charge in [-0.3, -0.25) is 0 Å². The van der Waals surface area contributed by atoms with E-state index in [1.54, 1.807) is 13.8 Å². The second kappa shape index (κ2) is 16.0. The highest BCUT2D eigenvalue weighted by Gasteiger charge is 2.17. The molecule has 144 valence electrons. The van der Waals surface area contributed by atoms with Gasteiger partial charge in [0.1, 0.15) is 0 Å². The van der Waals surface area contributed by atoms with Gasteiger partial charge in [-0.25, -0.2) is 0 Å². The van der Waals surface area contributed by atoms with Crippen LogP contribution in [0.4, 0.5) is 0 Å². The number of aliphatic hydroxyl groups excluding tert-OH is 3. The third-order valence-electron chi connectivity index (χ3n) is 4.78. The van der Waals surface area contributed by atoms with Crippen LogP contribution in [0, 0.1) is 0 Å². The Kier molecular flexibility index (Phi) is 15.6. The maximum absolute atomic E-state index is 9.93. The molecular formula is C21H42O3. The predicted molar refractivity (Wildman–Crippen MR) is 103 cm³/mol. The van der Waals surface area contributed by atoms with E-state index in [0.717, 1.165) is 18.4 Å². The van der Waals surface area contributed by atoms with Gasteiger partial charge in [0.15, 0.2) is 0 Å². The summed E-state index contributed by atoms with van der Waals surface area (Å²) in [5.74, 6) is 0.191. The molecule has 0 saturated heterocycles. The van der Waals surface area contributed by atoms with Crippen LogP contribution in [0.15, 0.2) is 11.3 Å². The molecule has 0 aromatic rings. The monoisotopic (exact) mass is 342 g/mol. The molecule has 0 aromatic carbocycles. The second-order valence-electron chi connectivity index (χ2n) is 7.46. The van der Waals surface area contributed by atoms with Crippen LogP contribution in [-0.2, 0) is 0 Å². The van der Waals surface area contributed by atoms with Crippen molar-refractivity contribution in [1.29, 1.82) is 0 Å². The van der Waals surface area contributed by atoms with Crippen molar-refractivity contribution < 1.29 is 15.3 Å². The fraction of sp³-hybridized carbons (Fsp3) is 0.905. The summed E-state index contributed by atoms with van der Waals surface area (Å²) in [6, 6.07) is 0. The normalized spacial score (nSPS) is 13.7. The molecule has 0 aromatic heterocycles. The van der Waals surface area contributed by atoms with Crippen LogP contribution >= 0.6 is 0 Å². The molecule has 0 radical (unpaired) electrons. The minimum Gasteiger partial charge on any atom is -0.512 e. The first-order chi connectivity index (χ1) is 11.5. The minimum atomic E-state index is -0.854. The SMILES string of the molecule is CCCCCCCCCCCCCCC(O)C(O)CC(O)=C(C)C. The average molecular weight is 343 g/mol. The quantitative estimate of drug-likeness (QED) is 0.237. The Balaban J connectivity index is 3.42. The van der Waals surface area contributed by atoms with E-state index in [0.29, 0.717) is 6.42 Å². The molecule has 3 nitrogen and oxygen atoms in total. The Morgan fingerprint density at radius 1 is 0.667 bits per heavy atom. The van der Waals surface area contributed by atoms with Gasteiger partial charge in [0, 0.05) is 6.42 Å². The van der Waals surface area contributed by atoms with E-state index in [2.05, 4.69) is 6.92 Å². The van der Waals surface area contributed by atoms with E-state index in [4.69, 9.17) is 0 Å². The highest BCUT2D eigenvalue weighted by atomic mass is 16.3. The summed E-state index contributed by atoms with van der Waals surface area (Å²) >= 11 is 0. The molecule has 0 fully saturated rings. The first-order valence-corrected chi connectivity index (χ1v) is 10.2. The van der Waals surface area contributed by atoms with E-state index in [-0.39, 0.29) is 12.2 Å². The van der Waals surface area contributed by atoms with E-state index < -0.39 is 12.2 Å². The Morgan fingerprint density at radius 3 is 1.50 bits per heavy atom. The smallest absolute Gasteiger partial charge is 0.0935 e. The van der Waals surface area contributed by atoms with Gasteiger partial charge in [0.05, 0.1) is 18.0 Å². The van der Waals surface area contributed by atoms with Crippen molar-refractivity contribution in [2.75, 3.05) is 0 Å². The fourth-order valence-corrected chi connectivity index (χ4v) is 2.93. The zero-order valence-corrected chi connectivity index (χ0v) is 16.4. The fourth-order valence-electron chi connectivity index (χ4n) is 2.93. The molecule has 0 spiro atoms. The molecule has 2 atom stereocenters. The van der Waals surface area contributed by atoms with Crippen molar-refractivity contribution in [2.24, 2.45) is 0 Å². The third kappa shape index (κ3) is 13.9. The maximum Gasteiger partial charge on any atom is 0.0935 e. The molecule has 3 N–H and O–H groups in total. The molecular weight excluding hydrogens is 300 g/mol. The lowest BCUT2D eigenvalue weighted by atomic mass is 10.0. The molecule has 0 rings (SSSR count). The first kappa shape index (κ1) is 23.5. The van der Waals surface area contributed by atoms with Crippen molar-refractivity contribution in [3.05, 3.63) is 11.3 Å². The first-order valence-electron chi connectivity index (χ1n) is 10.2. The molecule has 3 heteroatoms. The highest BCUT2D eigenvalue weighted by Crippen LogP contribution is 2.16. The van der Waals surface area contributed by atoms with E-state index in [9.17, 15) is 15.3 Å². The Bertz CT molecular complexity index is 308. The summed E-state index contributed by atoms with van der Waals surface area (Å²) in [5, 5.41) is 29.4. The molecule has 0 aliphatic heterocycles. The van der Waals surface area contributed by atoms with Crippen LogP contribution in [0.1, 0.15) is 111 Å². The summed E-state index contributed by atoms with van der Waals surface area (Å²) < 4.78 is 0. The molecule has 0 aliphatic rings. The third-order valence-corrected chi connectivity index (χ3v) is 4.78. The zero-order chi connectivity index (χ0) is 18.2. The van der Waals surface area contributed by atoms with Crippen LogP contribution in [-0.4, -0.2) is 27.5 Å². The van der Waals surface area contributed by atoms with Gasteiger partial charge in [0.2, 0.25) is 0 Å². The Labute approximate surface area is 150 Å². The largest absolute Gasteiger partial charge is 0.512 e. The van der Waals surface area contributed by atoms with Gasteiger partial charge < -0.3 is 15.3 Å². The van der Waals surface area contributed by atoms with Gasteiger partial charge in [-0.05, 0) is 25.8 Å². The summed E-state index contributed by atoms with van der Waals surface area (Å²) in [6.45, 7) is 5.87. The summed E-state index contributed by atoms with van der Waals surface area (Å²) in [6.07, 6.45) is 14.7. The molecule has 0 amide bonds. The maximum atomic E-state index is 9.93. The van der Waals surface area contributed by atoms with Crippen molar-refractivity contribution in [1.82, 2.24) is 0 Å². The van der Waals surface area contributed by atoms with Gasteiger partial charge in [-0.15, -0.1) is 0 Å². The number of unbranched alkanes of at least 4 members (excludes halogenated alkanes) is 11. The number of rotatable bonds is 16. The molecule has 2 unspecified atom stereocenters. The summed E-state index contributed by atoms with van der Waals surface area (Å²) in [4.78, 5) is 0. The predicted octanol–water partition coefficient (Wildman–Crippen LogP) is 6.04.